The van der Waals surface area contributed by atoms with Crippen LogP contribution in [0.15, 0.2) is 29.8 Å². The van der Waals surface area contributed by atoms with Crippen LogP contribution in [0.1, 0.15) is 36.2 Å². The first-order valence-corrected chi connectivity index (χ1v) is 9.19. The molecule has 3 rings (SSSR count). The Morgan fingerprint density at radius 1 is 1.35 bits per heavy atom. The lowest BCUT2D eigenvalue weighted by Gasteiger charge is -2.30. The van der Waals surface area contributed by atoms with Gasteiger partial charge in [0.2, 0.25) is 5.91 Å². The minimum atomic E-state index is 0.220. The van der Waals surface area contributed by atoms with Crippen LogP contribution in [0, 0.1) is 5.92 Å². The fourth-order valence-corrected chi connectivity index (χ4v) is 3.81. The monoisotopic (exact) mass is 329 g/mol. The number of carbonyl (C=O) groups excluding carboxylic acids is 1. The average Bonchev–Trinajstić information content (AvgIpc) is 3.01. The summed E-state index contributed by atoms with van der Waals surface area (Å²) in [6.07, 6.45) is 6.40. The first kappa shape index (κ1) is 16.1. The van der Waals surface area contributed by atoms with Gasteiger partial charge in [0, 0.05) is 36.8 Å². The van der Waals surface area contributed by atoms with Crippen molar-refractivity contribution in [1.29, 1.82) is 0 Å². The predicted octanol–water partition coefficient (Wildman–Crippen LogP) is 3.12. The van der Waals surface area contributed by atoms with Crippen LogP contribution in [-0.4, -0.2) is 33.9 Å². The highest BCUT2D eigenvalue weighted by Crippen LogP contribution is 2.18. The van der Waals surface area contributed by atoms with Crippen molar-refractivity contribution in [3.8, 4) is 0 Å². The summed E-state index contributed by atoms with van der Waals surface area (Å²) < 4.78 is 0. The number of amides is 1. The number of piperidine rings is 1. The van der Waals surface area contributed by atoms with E-state index >= 15 is 0 Å². The number of rotatable bonds is 5. The lowest BCUT2D eigenvalue weighted by atomic mass is 10.00. The van der Waals surface area contributed by atoms with E-state index in [9.17, 15) is 4.79 Å². The summed E-state index contributed by atoms with van der Waals surface area (Å²) in [7, 11) is 0. The standard InChI is InChI=1S/C18H23N3OS/c1-14-5-4-10-21(12-14)18(22)11-16-13-23-17(20-16)8-7-15-6-2-3-9-19-15/h2-3,6,9,13-14H,4-5,7-8,10-12H2,1H3. The molecule has 122 valence electrons. The Labute approximate surface area is 141 Å². The third-order valence-electron chi connectivity index (χ3n) is 4.26. The molecule has 0 spiro atoms. The first-order valence-electron chi connectivity index (χ1n) is 8.31. The summed E-state index contributed by atoms with van der Waals surface area (Å²) in [5.74, 6) is 0.843. The normalized spacial score (nSPS) is 18.1. The molecule has 1 aliphatic heterocycles. The quantitative estimate of drug-likeness (QED) is 0.847. The van der Waals surface area contributed by atoms with Crippen molar-refractivity contribution in [3.63, 3.8) is 0 Å². The summed E-state index contributed by atoms with van der Waals surface area (Å²) in [6, 6.07) is 5.97. The highest BCUT2D eigenvalue weighted by molar-refractivity contribution is 7.09. The number of aromatic nitrogens is 2. The number of carbonyl (C=O) groups is 1. The zero-order valence-electron chi connectivity index (χ0n) is 13.6. The molecule has 0 saturated carbocycles. The van der Waals surface area contributed by atoms with Gasteiger partial charge in [-0.2, -0.15) is 0 Å². The van der Waals surface area contributed by atoms with Crippen molar-refractivity contribution in [1.82, 2.24) is 14.9 Å². The van der Waals surface area contributed by atoms with Gasteiger partial charge >= 0.3 is 0 Å². The Bertz CT molecular complexity index is 641. The van der Waals surface area contributed by atoms with Crippen molar-refractivity contribution in [2.75, 3.05) is 13.1 Å². The molecule has 5 heteroatoms. The number of hydrogen-bond acceptors (Lipinski definition) is 4. The van der Waals surface area contributed by atoms with Crippen LogP contribution in [0.3, 0.4) is 0 Å². The molecular formula is C18H23N3OS. The lowest BCUT2D eigenvalue weighted by Crippen LogP contribution is -2.39. The van der Waals surface area contributed by atoms with E-state index in [-0.39, 0.29) is 5.91 Å². The molecule has 0 N–H and O–H groups in total. The second-order valence-electron chi connectivity index (χ2n) is 6.32. The van der Waals surface area contributed by atoms with E-state index in [1.54, 1.807) is 11.3 Å². The maximum atomic E-state index is 12.4. The third kappa shape index (κ3) is 4.61. The van der Waals surface area contributed by atoms with E-state index in [0.29, 0.717) is 12.3 Å². The summed E-state index contributed by atoms with van der Waals surface area (Å²) in [5.41, 5.74) is 2.00. The largest absolute Gasteiger partial charge is 0.342 e. The van der Waals surface area contributed by atoms with Crippen molar-refractivity contribution < 1.29 is 4.79 Å². The minimum Gasteiger partial charge on any atom is -0.342 e. The van der Waals surface area contributed by atoms with Crippen molar-refractivity contribution in [3.05, 3.63) is 46.2 Å². The second kappa shape index (κ2) is 7.68. The van der Waals surface area contributed by atoms with Gasteiger partial charge in [-0.3, -0.25) is 9.78 Å². The maximum Gasteiger partial charge on any atom is 0.228 e. The van der Waals surface area contributed by atoms with Crippen LogP contribution in [0.25, 0.3) is 0 Å². The fourth-order valence-electron chi connectivity index (χ4n) is 3.01. The minimum absolute atomic E-state index is 0.220. The molecule has 4 nitrogen and oxygen atoms in total. The van der Waals surface area contributed by atoms with Crippen molar-refractivity contribution in [2.45, 2.75) is 39.0 Å². The number of aryl methyl sites for hydroxylation is 2. The molecule has 23 heavy (non-hydrogen) atoms. The first-order chi connectivity index (χ1) is 11.2. The third-order valence-corrected chi connectivity index (χ3v) is 5.22. The van der Waals surface area contributed by atoms with Gasteiger partial charge in [0.25, 0.3) is 0 Å². The highest BCUT2D eigenvalue weighted by Gasteiger charge is 2.21. The fraction of sp³-hybridized carbons (Fsp3) is 0.500. The molecule has 2 aromatic rings. The van der Waals surface area contributed by atoms with E-state index in [4.69, 9.17) is 0 Å². The van der Waals surface area contributed by atoms with E-state index in [0.717, 1.165) is 48.7 Å². The maximum absolute atomic E-state index is 12.4. The molecule has 0 radical (unpaired) electrons. The number of nitrogens with zero attached hydrogens (tertiary/aromatic N) is 3. The van der Waals surface area contributed by atoms with Gasteiger partial charge in [-0.1, -0.05) is 13.0 Å². The summed E-state index contributed by atoms with van der Waals surface area (Å²) in [5, 5.41) is 3.12. The molecule has 2 aromatic heterocycles. The van der Waals surface area contributed by atoms with Gasteiger partial charge in [-0.15, -0.1) is 11.3 Å². The molecule has 3 heterocycles. The molecule has 1 saturated heterocycles. The molecule has 1 atom stereocenters. The molecule has 1 fully saturated rings. The van der Waals surface area contributed by atoms with Crippen LogP contribution in [0.4, 0.5) is 0 Å². The molecule has 1 aliphatic rings. The van der Waals surface area contributed by atoms with Crippen molar-refractivity contribution >= 4 is 17.2 Å². The number of thiazole rings is 1. The Hall–Kier alpha value is -1.75. The van der Waals surface area contributed by atoms with Crippen LogP contribution in [-0.2, 0) is 24.1 Å². The SMILES string of the molecule is CC1CCCN(C(=O)Cc2csc(CCc3ccccn3)n2)C1. The Morgan fingerprint density at radius 3 is 3.04 bits per heavy atom. The molecule has 1 unspecified atom stereocenters. The molecule has 0 bridgehead atoms. The van der Waals surface area contributed by atoms with E-state index in [2.05, 4.69) is 16.9 Å². The van der Waals surface area contributed by atoms with Gasteiger partial charge in [0.1, 0.15) is 0 Å². The van der Waals surface area contributed by atoms with E-state index < -0.39 is 0 Å². The van der Waals surface area contributed by atoms with Gasteiger partial charge in [0.15, 0.2) is 0 Å². The number of pyridine rings is 1. The lowest BCUT2D eigenvalue weighted by molar-refractivity contribution is -0.132. The van der Waals surface area contributed by atoms with E-state index in [1.165, 1.54) is 6.42 Å². The summed E-state index contributed by atoms with van der Waals surface area (Å²) in [6.45, 7) is 4.02. The Kier molecular flexibility index (Phi) is 5.39. The van der Waals surface area contributed by atoms with Gasteiger partial charge in [-0.25, -0.2) is 4.98 Å². The van der Waals surface area contributed by atoms with Gasteiger partial charge < -0.3 is 4.90 Å². The molecule has 0 aliphatic carbocycles. The molecular weight excluding hydrogens is 306 g/mol. The Morgan fingerprint density at radius 2 is 2.26 bits per heavy atom. The smallest absolute Gasteiger partial charge is 0.228 e. The molecule has 0 aromatic carbocycles. The molecule has 1 amide bonds. The highest BCUT2D eigenvalue weighted by atomic mass is 32.1. The van der Waals surface area contributed by atoms with Crippen LogP contribution in [0.5, 0.6) is 0 Å². The summed E-state index contributed by atoms with van der Waals surface area (Å²) >= 11 is 1.65. The van der Waals surface area contributed by atoms with Crippen LogP contribution >= 0.6 is 11.3 Å². The zero-order chi connectivity index (χ0) is 16.1. The Balaban J connectivity index is 1.51. The van der Waals surface area contributed by atoms with Gasteiger partial charge in [-0.05, 0) is 37.3 Å². The zero-order valence-corrected chi connectivity index (χ0v) is 14.4. The number of hydrogen-bond donors (Lipinski definition) is 0. The predicted molar refractivity (Wildman–Crippen MR) is 92.4 cm³/mol. The van der Waals surface area contributed by atoms with Crippen LogP contribution < -0.4 is 0 Å². The average molecular weight is 329 g/mol. The summed E-state index contributed by atoms with van der Waals surface area (Å²) in [4.78, 5) is 23.3. The van der Waals surface area contributed by atoms with E-state index in [1.807, 2.05) is 34.7 Å². The second-order valence-corrected chi connectivity index (χ2v) is 7.26. The topological polar surface area (TPSA) is 46.1 Å². The number of likely N-dealkylation sites (tertiary alicyclic amines) is 1. The van der Waals surface area contributed by atoms with Crippen molar-refractivity contribution in [2.24, 2.45) is 5.92 Å². The van der Waals surface area contributed by atoms with Gasteiger partial charge in [0.05, 0.1) is 17.1 Å². The van der Waals surface area contributed by atoms with Crippen LogP contribution in [0.2, 0.25) is 0 Å².